The zero-order valence-electron chi connectivity index (χ0n) is 3.81. The van der Waals surface area contributed by atoms with E-state index in [2.05, 4.69) is 0 Å². The summed E-state index contributed by atoms with van der Waals surface area (Å²) in [7, 11) is 0. The number of hydrogen-bond donors (Lipinski definition) is 0. The van der Waals surface area contributed by atoms with Crippen LogP contribution in [0.1, 0.15) is 0 Å². The quantitative estimate of drug-likeness (QED) is 0.392. The molecule has 7 radical (unpaired) electrons. The fourth-order valence-electron chi connectivity index (χ4n) is 0. The summed E-state index contributed by atoms with van der Waals surface area (Å²) in [6.07, 6.45) is 0. The molecule has 0 aliphatic rings. The van der Waals surface area contributed by atoms with E-state index in [0.717, 1.165) is 0 Å². The molecule has 0 fully saturated rings. The molecule has 0 rings (SSSR count). The Balaban J connectivity index is 0. The van der Waals surface area contributed by atoms with Crippen LogP contribution in [0, 0.1) is 0 Å². The normalized spacial score (nSPS) is 0. The molecule has 0 N–H and O–H groups in total. The molecule has 0 aromatic carbocycles. The van der Waals surface area contributed by atoms with Crippen LogP contribution >= 0.6 is 0 Å². The van der Waals surface area contributed by atoms with Gasteiger partial charge in [0.1, 0.15) is 0 Å². The first-order valence-corrected chi connectivity index (χ1v) is 0. The monoisotopic (exact) mass is 473 g/mol. The van der Waals surface area contributed by atoms with Crippen LogP contribution in [-0.2, 0) is 57.7 Å². The summed E-state index contributed by atoms with van der Waals surface area (Å²) in [4.78, 5) is 0. The second-order valence-corrected chi connectivity index (χ2v) is 0. The molecule has 0 saturated heterocycles. The Morgan fingerprint density at radius 2 is 0.857 bits per heavy atom. The van der Waals surface area contributed by atoms with Crippen molar-refractivity contribution in [2.24, 2.45) is 0 Å². The van der Waals surface area contributed by atoms with Gasteiger partial charge < -0.3 is 11.0 Å². The number of rotatable bonds is 0. The summed E-state index contributed by atoms with van der Waals surface area (Å²) in [6.45, 7) is 0. The first-order chi connectivity index (χ1) is 0. The molecule has 2 nitrogen and oxygen atoms in total. The van der Waals surface area contributed by atoms with Crippen LogP contribution in [0.5, 0.6) is 0 Å². The largest absolute Gasteiger partial charge is 4.00 e. The molecule has 0 amide bonds. The van der Waals surface area contributed by atoms with Gasteiger partial charge in [0.15, 0.2) is 0 Å². The molecule has 0 spiro atoms. The maximum Gasteiger partial charge on any atom is 4.00 e. The van der Waals surface area contributed by atoms with E-state index in [1.807, 2.05) is 0 Å². The van der Waals surface area contributed by atoms with E-state index >= 15 is 0 Å². The Bertz CT molecular complexity index is 17.7. The summed E-state index contributed by atoms with van der Waals surface area (Å²) in [6, 6.07) is 0. The van der Waals surface area contributed by atoms with Crippen LogP contribution in [0.2, 0.25) is 0 Å². The summed E-state index contributed by atoms with van der Waals surface area (Å²) in [5.41, 5.74) is 0. The van der Waals surface area contributed by atoms with Gasteiger partial charge in [-0.3, -0.25) is 0 Å². The summed E-state index contributed by atoms with van der Waals surface area (Å²) >= 11 is 0. The van der Waals surface area contributed by atoms with E-state index in [-0.39, 0.29) is 119 Å². The topological polar surface area (TPSA) is 57.0 Å². The molecule has 0 aliphatic heterocycles. The molecule has 0 heterocycles. The van der Waals surface area contributed by atoms with Gasteiger partial charge in [-0.15, -0.1) is 0 Å². The van der Waals surface area contributed by atoms with Gasteiger partial charge in [-0.1, -0.05) is 0 Å². The van der Waals surface area contributed by atoms with Crippen molar-refractivity contribution < 1.29 is 57.7 Å². The van der Waals surface area contributed by atoms with E-state index in [1.54, 1.807) is 0 Å². The van der Waals surface area contributed by atoms with Gasteiger partial charge in [-0.05, 0) is 0 Å². The molecule has 0 aliphatic carbocycles. The average Bonchev–Trinajstić information content (AvgIpc) is 0. The molecule has 0 saturated carbocycles. The zero-order chi connectivity index (χ0) is 0. The van der Waals surface area contributed by atoms with Crippen molar-refractivity contribution in [2.75, 3.05) is 0 Å². The van der Waals surface area contributed by atoms with E-state index in [1.165, 1.54) is 0 Å². The molecule has 27 valence electrons. The van der Waals surface area contributed by atoms with Gasteiger partial charge in [0.25, 0.3) is 0 Å². The van der Waals surface area contributed by atoms with Gasteiger partial charge in [-0.2, -0.15) is 0 Å². The van der Waals surface area contributed by atoms with E-state index < -0.39 is 0 Å². The van der Waals surface area contributed by atoms with E-state index in [9.17, 15) is 0 Å². The van der Waals surface area contributed by atoms with E-state index in [4.69, 9.17) is 0 Å². The van der Waals surface area contributed by atoms with Crippen molar-refractivity contribution in [2.45, 2.75) is 0 Å². The minimum absolute atomic E-state index is 0. The van der Waals surface area contributed by atoms with Gasteiger partial charge in [0.05, 0.1) is 0 Å². The van der Waals surface area contributed by atoms with Crippen LogP contribution in [0.15, 0.2) is 0 Å². The molecule has 0 atom stereocenters. The SMILES string of the molecule is [Cd].[Ga].[Ge].[O-2].[O-2].[Sn+4].[Zn]. The molecular formula is CdGaGeO2SnZn. The Kier molecular flexibility index (Phi) is 637. The maximum absolute atomic E-state index is 0. The third-order valence-electron chi connectivity index (χ3n) is 0. The predicted molar refractivity (Wildman–Crippen MR) is 18.6 cm³/mol. The third-order valence-corrected chi connectivity index (χ3v) is 0. The van der Waals surface area contributed by atoms with Crippen LogP contribution in [0.3, 0.4) is 0 Å². The Morgan fingerprint density at radius 1 is 0.857 bits per heavy atom. The third kappa shape index (κ3) is 44.1. The second-order valence-electron chi connectivity index (χ2n) is 0. The first-order valence-electron chi connectivity index (χ1n) is 0. The van der Waals surface area contributed by atoms with Gasteiger partial charge in [0, 0.05) is 84.2 Å². The molecule has 0 aromatic heterocycles. The Hall–Kier alpha value is 3.44. The second kappa shape index (κ2) is 56.8. The first kappa shape index (κ1) is 78.5. The molecule has 0 bridgehead atoms. The van der Waals surface area contributed by atoms with Crippen molar-refractivity contribution >= 4 is 61.3 Å². The van der Waals surface area contributed by atoms with Crippen LogP contribution in [-0.4, -0.2) is 61.3 Å². The summed E-state index contributed by atoms with van der Waals surface area (Å²) in [5, 5.41) is 0. The Morgan fingerprint density at radius 3 is 0.857 bits per heavy atom. The summed E-state index contributed by atoms with van der Waals surface area (Å²) in [5.74, 6) is 0. The van der Waals surface area contributed by atoms with Crippen molar-refractivity contribution in [3.63, 3.8) is 0 Å². The smallest absolute Gasteiger partial charge is 2.00 e. The molecule has 7 heavy (non-hydrogen) atoms. The van der Waals surface area contributed by atoms with Gasteiger partial charge in [-0.25, -0.2) is 0 Å². The van der Waals surface area contributed by atoms with Crippen LogP contribution in [0.4, 0.5) is 0 Å². The van der Waals surface area contributed by atoms with Gasteiger partial charge >= 0.3 is 23.9 Å². The minimum atomic E-state index is 0. The fraction of sp³-hybridized carbons (Fsp3) is 0. The van der Waals surface area contributed by atoms with E-state index in [0.29, 0.717) is 0 Å². The van der Waals surface area contributed by atoms with Crippen LogP contribution < -0.4 is 0 Å². The minimum Gasteiger partial charge on any atom is -2.00 e. The van der Waals surface area contributed by atoms with Crippen molar-refractivity contribution in [1.82, 2.24) is 0 Å². The number of hydrogen-bond acceptors (Lipinski definition) is 0. The maximum atomic E-state index is 0. The molecule has 7 heteroatoms. The summed E-state index contributed by atoms with van der Waals surface area (Å²) < 4.78 is 0. The standard InChI is InChI=1S/Cd.Ga.Ge.2O.Sn.Zn/q;;;2*-2;+4;. The molecule has 0 unspecified atom stereocenters. The molecular weight excluding hydrogens is 471 g/mol. The van der Waals surface area contributed by atoms with Crippen molar-refractivity contribution in [3.05, 3.63) is 0 Å². The predicted octanol–water partition coefficient (Wildman–Crippen LogP) is -1.39. The average molecular weight is 471 g/mol. The van der Waals surface area contributed by atoms with Crippen molar-refractivity contribution in [1.29, 1.82) is 0 Å². The van der Waals surface area contributed by atoms with Gasteiger partial charge in [0.2, 0.25) is 0 Å². The molecule has 0 aromatic rings. The Labute approximate surface area is 117 Å². The van der Waals surface area contributed by atoms with Crippen molar-refractivity contribution in [3.8, 4) is 0 Å². The fourth-order valence-corrected chi connectivity index (χ4v) is 0. The van der Waals surface area contributed by atoms with Crippen LogP contribution in [0.25, 0.3) is 0 Å². The zero-order valence-corrected chi connectivity index (χ0v) is 18.2.